The van der Waals surface area contributed by atoms with Gasteiger partial charge >= 0.3 is 5.97 Å². The maximum atomic E-state index is 11.6. The van der Waals surface area contributed by atoms with Crippen molar-refractivity contribution in [3.63, 3.8) is 0 Å². The zero-order chi connectivity index (χ0) is 14.5. The Labute approximate surface area is 118 Å². The first kappa shape index (κ1) is 16.0. The van der Waals surface area contributed by atoms with Crippen LogP contribution in [-0.4, -0.2) is 38.6 Å². The summed E-state index contributed by atoms with van der Waals surface area (Å²) in [7, 11) is 1.93. The summed E-state index contributed by atoms with van der Waals surface area (Å²) in [5.74, 6) is 1.39. The molecule has 1 aromatic rings. The highest BCUT2D eigenvalue weighted by Gasteiger charge is 2.29. The molecular formula is C12H22N4O2S. The molecule has 1 unspecified atom stereocenters. The number of carbonyl (C=O) groups is 1. The van der Waals surface area contributed by atoms with Gasteiger partial charge in [0.05, 0.1) is 6.61 Å². The summed E-state index contributed by atoms with van der Waals surface area (Å²) < 4.78 is 6.89. The third-order valence-corrected chi connectivity index (χ3v) is 3.97. The fourth-order valence-electron chi connectivity index (χ4n) is 1.51. The smallest absolute Gasteiger partial charge is 0.325 e. The van der Waals surface area contributed by atoms with Crippen LogP contribution >= 0.6 is 11.8 Å². The van der Waals surface area contributed by atoms with Crippen LogP contribution in [0.2, 0.25) is 0 Å². The second kappa shape index (κ2) is 6.91. The SMILES string of the molecule is CCOC(=O)C(C)(N)CCCSc1nnc(C)n1C. The van der Waals surface area contributed by atoms with E-state index in [0.29, 0.717) is 13.0 Å². The fraction of sp³-hybridized carbons (Fsp3) is 0.750. The highest BCUT2D eigenvalue weighted by atomic mass is 32.2. The summed E-state index contributed by atoms with van der Waals surface area (Å²) in [4.78, 5) is 11.6. The van der Waals surface area contributed by atoms with E-state index in [4.69, 9.17) is 10.5 Å². The largest absolute Gasteiger partial charge is 0.465 e. The standard InChI is InChI=1S/C12H22N4O2S/c1-5-18-10(17)12(3,13)7-6-8-19-11-15-14-9(2)16(11)4/h5-8,13H2,1-4H3. The van der Waals surface area contributed by atoms with Crippen molar-refractivity contribution in [2.45, 2.75) is 44.3 Å². The molecule has 1 atom stereocenters. The van der Waals surface area contributed by atoms with Gasteiger partial charge in [-0.3, -0.25) is 4.79 Å². The second-order valence-electron chi connectivity index (χ2n) is 4.68. The van der Waals surface area contributed by atoms with Crippen LogP contribution in [0.1, 0.15) is 32.5 Å². The van der Waals surface area contributed by atoms with Crippen molar-refractivity contribution in [2.24, 2.45) is 12.8 Å². The van der Waals surface area contributed by atoms with Crippen LogP contribution < -0.4 is 5.73 Å². The third kappa shape index (κ3) is 4.50. The maximum Gasteiger partial charge on any atom is 0.325 e. The first-order valence-electron chi connectivity index (χ1n) is 6.33. The minimum Gasteiger partial charge on any atom is -0.465 e. The Kier molecular flexibility index (Phi) is 5.81. The zero-order valence-corrected chi connectivity index (χ0v) is 12.8. The number of aromatic nitrogens is 3. The zero-order valence-electron chi connectivity index (χ0n) is 12.0. The summed E-state index contributed by atoms with van der Waals surface area (Å²) in [5, 5.41) is 8.94. The molecular weight excluding hydrogens is 264 g/mol. The summed E-state index contributed by atoms with van der Waals surface area (Å²) in [6.45, 7) is 5.76. The van der Waals surface area contributed by atoms with Gasteiger partial charge in [-0.1, -0.05) is 11.8 Å². The lowest BCUT2D eigenvalue weighted by molar-refractivity contribution is -0.149. The van der Waals surface area contributed by atoms with E-state index in [-0.39, 0.29) is 5.97 Å². The number of thioether (sulfide) groups is 1. The molecule has 2 N–H and O–H groups in total. The van der Waals surface area contributed by atoms with Gasteiger partial charge in [0.25, 0.3) is 0 Å². The number of ether oxygens (including phenoxy) is 1. The number of aryl methyl sites for hydroxylation is 1. The van der Waals surface area contributed by atoms with Crippen molar-refractivity contribution in [1.82, 2.24) is 14.8 Å². The highest BCUT2D eigenvalue weighted by Crippen LogP contribution is 2.19. The van der Waals surface area contributed by atoms with E-state index in [1.807, 2.05) is 18.5 Å². The topological polar surface area (TPSA) is 83.0 Å². The summed E-state index contributed by atoms with van der Waals surface area (Å²) >= 11 is 1.62. The Hall–Kier alpha value is -1.08. The molecule has 0 radical (unpaired) electrons. The minimum atomic E-state index is -0.910. The number of hydrogen-bond donors (Lipinski definition) is 1. The summed E-state index contributed by atoms with van der Waals surface area (Å²) in [6, 6.07) is 0. The second-order valence-corrected chi connectivity index (χ2v) is 5.74. The molecule has 108 valence electrons. The van der Waals surface area contributed by atoms with Gasteiger partial charge < -0.3 is 15.0 Å². The van der Waals surface area contributed by atoms with Crippen molar-refractivity contribution in [2.75, 3.05) is 12.4 Å². The predicted molar refractivity (Wildman–Crippen MR) is 74.9 cm³/mol. The predicted octanol–water partition coefficient (Wildman–Crippen LogP) is 1.28. The number of carbonyl (C=O) groups excluding carboxylic acids is 1. The van der Waals surface area contributed by atoms with Gasteiger partial charge in [0.15, 0.2) is 5.16 Å². The Balaban J connectivity index is 2.34. The van der Waals surface area contributed by atoms with Gasteiger partial charge in [0.2, 0.25) is 0 Å². The van der Waals surface area contributed by atoms with E-state index < -0.39 is 5.54 Å². The Morgan fingerprint density at radius 3 is 2.74 bits per heavy atom. The van der Waals surface area contributed by atoms with Crippen LogP contribution in [0.5, 0.6) is 0 Å². The van der Waals surface area contributed by atoms with Gasteiger partial charge in [-0.15, -0.1) is 10.2 Å². The fourth-order valence-corrected chi connectivity index (χ4v) is 2.41. The van der Waals surface area contributed by atoms with Crippen molar-refractivity contribution in [1.29, 1.82) is 0 Å². The van der Waals surface area contributed by atoms with Crippen LogP contribution in [0.3, 0.4) is 0 Å². The number of nitrogens with zero attached hydrogens (tertiary/aromatic N) is 3. The molecule has 1 rings (SSSR count). The van der Waals surface area contributed by atoms with E-state index in [0.717, 1.165) is 23.2 Å². The minimum absolute atomic E-state index is 0.338. The van der Waals surface area contributed by atoms with Gasteiger partial charge in [-0.25, -0.2) is 0 Å². The first-order chi connectivity index (χ1) is 8.88. The quantitative estimate of drug-likeness (QED) is 0.462. The molecule has 1 aromatic heterocycles. The van der Waals surface area contributed by atoms with Crippen molar-refractivity contribution in [3.05, 3.63) is 5.82 Å². The summed E-state index contributed by atoms with van der Waals surface area (Å²) in [5.41, 5.74) is 5.03. The molecule has 0 aliphatic rings. The van der Waals surface area contributed by atoms with Crippen molar-refractivity contribution < 1.29 is 9.53 Å². The van der Waals surface area contributed by atoms with Gasteiger partial charge in [0.1, 0.15) is 11.4 Å². The number of esters is 1. The van der Waals surface area contributed by atoms with Crippen molar-refractivity contribution in [3.8, 4) is 0 Å². The monoisotopic (exact) mass is 286 g/mol. The number of nitrogens with two attached hydrogens (primary N) is 1. The van der Waals surface area contributed by atoms with E-state index in [9.17, 15) is 4.79 Å². The van der Waals surface area contributed by atoms with Gasteiger partial charge in [-0.2, -0.15) is 0 Å². The molecule has 0 aromatic carbocycles. The number of rotatable bonds is 7. The maximum absolute atomic E-state index is 11.6. The lowest BCUT2D eigenvalue weighted by atomic mass is 9.98. The molecule has 0 bridgehead atoms. The highest BCUT2D eigenvalue weighted by molar-refractivity contribution is 7.99. The molecule has 0 aliphatic carbocycles. The van der Waals surface area contributed by atoms with E-state index in [1.165, 1.54) is 0 Å². The molecule has 0 saturated heterocycles. The molecule has 0 aliphatic heterocycles. The van der Waals surface area contributed by atoms with E-state index >= 15 is 0 Å². The first-order valence-corrected chi connectivity index (χ1v) is 7.32. The molecule has 0 fully saturated rings. The third-order valence-electron chi connectivity index (χ3n) is 2.87. The van der Waals surface area contributed by atoms with Crippen LogP contribution in [0, 0.1) is 6.92 Å². The Bertz CT molecular complexity index is 431. The van der Waals surface area contributed by atoms with Crippen LogP contribution in [-0.2, 0) is 16.6 Å². The van der Waals surface area contributed by atoms with Gasteiger partial charge in [0, 0.05) is 12.8 Å². The number of hydrogen-bond acceptors (Lipinski definition) is 6. The molecule has 0 saturated carbocycles. The van der Waals surface area contributed by atoms with Crippen LogP contribution in [0.4, 0.5) is 0 Å². The van der Waals surface area contributed by atoms with E-state index in [1.54, 1.807) is 25.6 Å². The lowest BCUT2D eigenvalue weighted by Crippen LogP contribution is -2.46. The van der Waals surface area contributed by atoms with Crippen LogP contribution in [0.15, 0.2) is 5.16 Å². The molecule has 0 amide bonds. The molecule has 0 spiro atoms. The van der Waals surface area contributed by atoms with E-state index in [2.05, 4.69) is 10.2 Å². The van der Waals surface area contributed by atoms with Crippen molar-refractivity contribution >= 4 is 17.7 Å². The Morgan fingerprint density at radius 2 is 2.21 bits per heavy atom. The average Bonchev–Trinajstić information content (AvgIpc) is 2.66. The normalized spacial score (nSPS) is 14.2. The molecule has 6 nitrogen and oxygen atoms in total. The van der Waals surface area contributed by atoms with Gasteiger partial charge in [-0.05, 0) is 33.6 Å². The Morgan fingerprint density at radius 1 is 1.53 bits per heavy atom. The molecule has 19 heavy (non-hydrogen) atoms. The molecule has 1 heterocycles. The summed E-state index contributed by atoms with van der Waals surface area (Å²) in [6.07, 6.45) is 1.41. The molecule has 7 heteroatoms. The average molecular weight is 286 g/mol. The van der Waals surface area contributed by atoms with Crippen LogP contribution in [0.25, 0.3) is 0 Å². The lowest BCUT2D eigenvalue weighted by Gasteiger charge is -2.21.